The largest absolute Gasteiger partial charge is 0.362 e. The van der Waals surface area contributed by atoms with Gasteiger partial charge in [-0.1, -0.05) is 6.92 Å². The lowest BCUT2D eigenvalue weighted by atomic mass is 9.89. The lowest BCUT2D eigenvalue weighted by molar-refractivity contribution is -0.129. The fourth-order valence-corrected chi connectivity index (χ4v) is 3.47. The van der Waals surface area contributed by atoms with Gasteiger partial charge in [0.1, 0.15) is 0 Å². The highest BCUT2D eigenvalue weighted by molar-refractivity contribution is 7.15. The highest BCUT2D eigenvalue weighted by Crippen LogP contribution is 2.32. The average Bonchev–Trinajstić information content (AvgIpc) is 3.04. The summed E-state index contributed by atoms with van der Waals surface area (Å²) >= 11 is 1.71. The van der Waals surface area contributed by atoms with Gasteiger partial charge in [-0.25, -0.2) is 4.98 Å². The fourth-order valence-electron chi connectivity index (χ4n) is 2.59. The Morgan fingerprint density at radius 1 is 1.60 bits per heavy atom. The molecule has 0 radical (unpaired) electrons. The molecule has 0 bridgehead atoms. The Morgan fingerprint density at radius 2 is 2.40 bits per heavy atom. The van der Waals surface area contributed by atoms with E-state index in [1.165, 1.54) is 4.88 Å². The lowest BCUT2D eigenvalue weighted by Crippen LogP contribution is -2.39. The Hall–Kier alpha value is -1.14. The number of likely N-dealkylation sites (tertiary alicyclic amines) is 1. The van der Waals surface area contributed by atoms with Crippen molar-refractivity contribution in [1.29, 1.82) is 0 Å². The van der Waals surface area contributed by atoms with E-state index in [4.69, 9.17) is 0 Å². The Balaban J connectivity index is 1.89. The van der Waals surface area contributed by atoms with Gasteiger partial charge in [0.2, 0.25) is 5.91 Å². The molecule has 1 aromatic rings. The summed E-state index contributed by atoms with van der Waals surface area (Å²) in [5.74, 6) is 0.148. The summed E-state index contributed by atoms with van der Waals surface area (Å²) in [6.45, 7) is 7.84. The monoisotopic (exact) mass is 296 g/mol. The third-order valence-corrected chi connectivity index (χ3v) is 4.73. The number of nitrogens with one attached hydrogen (secondary N) is 2. The van der Waals surface area contributed by atoms with Crippen LogP contribution in [0.4, 0.5) is 5.13 Å². The molecule has 1 aliphatic heterocycles. The van der Waals surface area contributed by atoms with Crippen molar-refractivity contribution in [3.8, 4) is 0 Å². The number of hydrogen-bond donors (Lipinski definition) is 2. The number of amides is 1. The molecule has 0 spiro atoms. The molecule has 0 aliphatic carbocycles. The van der Waals surface area contributed by atoms with E-state index in [2.05, 4.69) is 27.4 Å². The average molecular weight is 296 g/mol. The summed E-state index contributed by atoms with van der Waals surface area (Å²) < 4.78 is 0. The van der Waals surface area contributed by atoms with Gasteiger partial charge in [-0.2, -0.15) is 0 Å². The molecular formula is C14H24N4OS. The van der Waals surface area contributed by atoms with Crippen LogP contribution in [0, 0.1) is 5.41 Å². The van der Waals surface area contributed by atoms with Gasteiger partial charge >= 0.3 is 0 Å². The number of hydrogen-bond acceptors (Lipinski definition) is 5. The van der Waals surface area contributed by atoms with Gasteiger partial charge in [0.05, 0.1) is 5.41 Å². The summed E-state index contributed by atoms with van der Waals surface area (Å²) in [4.78, 5) is 19.9. The van der Waals surface area contributed by atoms with Crippen LogP contribution in [0.15, 0.2) is 6.20 Å². The molecule has 0 aromatic carbocycles. The van der Waals surface area contributed by atoms with Gasteiger partial charge in [-0.3, -0.25) is 9.69 Å². The first-order chi connectivity index (χ1) is 9.57. The molecule has 1 fully saturated rings. The van der Waals surface area contributed by atoms with E-state index in [1.807, 2.05) is 13.1 Å². The second kappa shape index (κ2) is 6.54. The predicted molar refractivity (Wildman–Crippen MR) is 83.0 cm³/mol. The van der Waals surface area contributed by atoms with Gasteiger partial charge in [0.15, 0.2) is 5.13 Å². The maximum absolute atomic E-state index is 11.9. The van der Waals surface area contributed by atoms with Crippen molar-refractivity contribution in [3.63, 3.8) is 0 Å². The van der Waals surface area contributed by atoms with E-state index < -0.39 is 0 Å². The van der Waals surface area contributed by atoms with Crippen molar-refractivity contribution >= 4 is 22.4 Å². The summed E-state index contributed by atoms with van der Waals surface area (Å²) in [7, 11) is 1.71. The minimum absolute atomic E-state index is 0.148. The zero-order chi connectivity index (χ0) is 14.6. The predicted octanol–water partition coefficient (Wildman–Crippen LogP) is 1.92. The molecule has 6 heteroatoms. The molecular weight excluding hydrogens is 272 g/mol. The third kappa shape index (κ3) is 3.49. The van der Waals surface area contributed by atoms with Crippen LogP contribution >= 0.6 is 11.3 Å². The number of carbonyl (C=O) groups is 1. The summed E-state index contributed by atoms with van der Waals surface area (Å²) in [5.41, 5.74) is -0.247. The van der Waals surface area contributed by atoms with Crippen molar-refractivity contribution < 1.29 is 4.79 Å². The molecule has 112 valence electrons. The molecule has 1 aromatic heterocycles. The first-order valence-corrected chi connectivity index (χ1v) is 8.02. The Morgan fingerprint density at radius 3 is 3.10 bits per heavy atom. The molecule has 2 rings (SSSR count). The third-order valence-electron chi connectivity index (χ3n) is 3.79. The van der Waals surface area contributed by atoms with Crippen LogP contribution in [0.2, 0.25) is 0 Å². The normalized spacial score (nSPS) is 22.9. The molecule has 20 heavy (non-hydrogen) atoms. The molecule has 1 unspecified atom stereocenters. The number of anilines is 1. The molecule has 0 saturated carbocycles. The molecule has 1 saturated heterocycles. The zero-order valence-electron chi connectivity index (χ0n) is 12.5. The maximum atomic E-state index is 11.9. The molecule has 2 N–H and O–H groups in total. The van der Waals surface area contributed by atoms with Gasteiger partial charge in [-0.05, 0) is 26.3 Å². The Kier molecular flexibility index (Phi) is 4.99. The minimum atomic E-state index is -0.247. The van der Waals surface area contributed by atoms with E-state index in [-0.39, 0.29) is 11.3 Å². The van der Waals surface area contributed by atoms with Crippen molar-refractivity contribution in [3.05, 3.63) is 11.1 Å². The van der Waals surface area contributed by atoms with Crippen LogP contribution in [-0.2, 0) is 11.3 Å². The molecule has 1 aliphatic rings. The number of rotatable bonds is 6. The topological polar surface area (TPSA) is 57.3 Å². The number of nitrogens with zero attached hydrogens (tertiary/aromatic N) is 2. The highest BCUT2D eigenvalue weighted by Gasteiger charge is 2.39. The van der Waals surface area contributed by atoms with Crippen LogP contribution in [-0.4, -0.2) is 42.5 Å². The van der Waals surface area contributed by atoms with Crippen LogP contribution in [0.1, 0.15) is 31.6 Å². The number of aromatic nitrogens is 1. The maximum Gasteiger partial charge on any atom is 0.227 e. The number of carbonyl (C=O) groups excluding carboxylic acids is 1. The van der Waals surface area contributed by atoms with E-state index in [9.17, 15) is 4.79 Å². The van der Waals surface area contributed by atoms with Crippen LogP contribution in [0.5, 0.6) is 0 Å². The zero-order valence-corrected chi connectivity index (χ0v) is 13.3. The first kappa shape index (κ1) is 15.3. The summed E-state index contributed by atoms with van der Waals surface area (Å²) in [6.07, 6.45) is 3.97. The highest BCUT2D eigenvalue weighted by atomic mass is 32.1. The first-order valence-electron chi connectivity index (χ1n) is 7.20. The van der Waals surface area contributed by atoms with Crippen molar-refractivity contribution in [1.82, 2.24) is 15.2 Å². The second-order valence-corrected chi connectivity index (χ2v) is 6.77. The molecule has 1 atom stereocenters. The molecule has 1 amide bonds. The minimum Gasteiger partial charge on any atom is -0.362 e. The quantitative estimate of drug-likeness (QED) is 0.842. The Bertz CT molecular complexity index is 462. The fraction of sp³-hybridized carbons (Fsp3) is 0.714. The SMILES string of the molecule is CCCNc1ncc(CN2CCC(C)(C(=O)NC)C2)s1. The second-order valence-electron chi connectivity index (χ2n) is 5.66. The van der Waals surface area contributed by atoms with Crippen molar-refractivity contribution in [2.75, 3.05) is 32.0 Å². The number of thiazole rings is 1. The molecule has 2 heterocycles. The summed E-state index contributed by atoms with van der Waals surface area (Å²) in [5, 5.41) is 7.08. The van der Waals surface area contributed by atoms with Gasteiger partial charge < -0.3 is 10.6 Å². The van der Waals surface area contributed by atoms with E-state index in [0.717, 1.165) is 44.2 Å². The van der Waals surface area contributed by atoms with Crippen LogP contribution < -0.4 is 10.6 Å². The van der Waals surface area contributed by atoms with E-state index in [0.29, 0.717) is 0 Å². The van der Waals surface area contributed by atoms with Gasteiger partial charge in [0.25, 0.3) is 0 Å². The van der Waals surface area contributed by atoms with Crippen LogP contribution in [0.25, 0.3) is 0 Å². The van der Waals surface area contributed by atoms with Crippen molar-refractivity contribution in [2.24, 2.45) is 5.41 Å². The van der Waals surface area contributed by atoms with E-state index in [1.54, 1.807) is 18.4 Å². The van der Waals surface area contributed by atoms with Crippen LogP contribution in [0.3, 0.4) is 0 Å². The lowest BCUT2D eigenvalue weighted by Gasteiger charge is -2.22. The van der Waals surface area contributed by atoms with Crippen molar-refractivity contribution in [2.45, 2.75) is 33.2 Å². The standard InChI is InChI=1S/C14H24N4OS/c1-4-6-16-13-17-8-11(20-13)9-18-7-5-14(2,10-18)12(19)15-3/h8H,4-7,9-10H2,1-3H3,(H,15,19)(H,16,17). The van der Waals surface area contributed by atoms with Gasteiger partial charge in [0, 0.05) is 37.8 Å². The summed E-state index contributed by atoms with van der Waals surface area (Å²) in [6, 6.07) is 0. The Labute approximate surface area is 124 Å². The molecule has 5 nitrogen and oxygen atoms in total. The van der Waals surface area contributed by atoms with E-state index >= 15 is 0 Å². The smallest absolute Gasteiger partial charge is 0.227 e. The van der Waals surface area contributed by atoms with Gasteiger partial charge in [-0.15, -0.1) is 11.3 Å².